The Kier molecular flexibility index (Phi) is 6.10. The number of aromatic nitrogens is 2. The molecule has 0 radical (unpaired) electrons. The number of aryl methyl sites for hydroxylation is 1. The van der Waals surface area contributed by atoms with Crippen LogP contribution in [0.15, 0.2) is 59.9 Å². The minimum Gasteiger partial charge on any atom is -0.477 e. The van der Waals surface area contributed by atoms with Crippen LogP contribution in [0.5, 0.6) is 0 Å². The summed E-state index contributed by atoms with van der Waals surface area (Å²) in [7, 11) is 2.14. The van der Waals surface area contributed by atoms with Crippen molar-refractivity contribution in [1.29, 1.82) is 0 Å². The van der Waals surface area contributed by atoms with Gasteiger partial charge >= 0.3 is 5.97 Å². The number of carbonyl (C=O) groups excluding carboxylic acids is 1. The standard InChI is InChI=1S/C26H27N5O4/c1-16-12-17(15-31-10-8-30(2)9-11-31)5-6-20(16)29-25-22(26(33)34)23(32)21(35-25)13-18-14-28-24-19(18)4-3-7-27-24/h3-7,12-14,29H,8-11,15H2,1-2H3,(H,27,28)(H,33,34)/b21-13-. The summed E-state index contributed by atoms with van der Waals surface area (Å²) < 4.78 is 5.74. The first-order chi connectivity index (χ1) is 16.9. The Labute approximate surface area is 202 Å². The van der Waals surface area contributed by atoms with Crippen molar-refractivity contribution >= 4 is 34.5 Å². The highest BCUT2D eigenvalue weighted by Gasteiger charge is 2.36. The molecule has 0 amide bonds. The second-order valence-electron chi connectivity index (χ2n) is 8.95. The highest BCUT2D eigenvalue weighted by atomic mass is 16.5. The van der Waals surface area contributed by atoms with E-state index in [1.54, 1.807) is 18.5 Å². The number of aromatic amines is 1. The lowest BCUT2D eigenvalue weighted by Crippen LogP contribution is -2.43. The summed E-state index contributed by atoms with van der Waals surface area (Å²) in [5.41, 5.74) is 3.74. The van der Waals surface area contributed by atoms with Gasteiger partial charge in [-0.2, -0.15) is 0 Å². The number of pyridine rings is 1. The predicted octanol–water partition coefficient (Wildman–Crippen LogP) is 2.97. The van der Waals surface area contributed by atoms with Crippen molar-refractivity contribution in [1.82, 2.24) is 19.8 Å². The number of Topliss-reactive ketones (excluding diaryl/α,β-unsaturated/α-hetero) is 1. The molecule has 0 saturated carbocycles. The molecule has 2 aromatic heterocycles. The number of benzene rings is 1. The molecular formula is C26H27N5O4. The van der Waals surface area contributed by atoms with Gasteiger partial charge in [-0.1, -0.05) is 12.1 Å². The number of ketones is 1. The highest BCUT2D eigenvalue weighted by molar-refractivity contribution is 6.26. The number of rotatable bonds is 6. The topological polar surface area (TPSA) is 111 Å². The number of carboxylic acid groups (broad SMARTS) is 1. The number of nitrogens with zero attached hydrogens (tertiary/aromatic N) is 3. The molecule has 2 aliphatic heterocycles. The van der Waals surface area contributed by atoms with Crippen LogP contribution in [0, 0.1) is 6.92 Å². The largest absolute Gasteiger partial charge is 0.477 e. The number of hydrogen-bond donors (Lipinski definition) is 3. The van der Waals surface area contributed by atoms with Gasteiger partial charge in [0.1, 0.15) is 5.65 Å². The molecule has 0 aliphatic carbocycles. The molecule has 0 bridgehead atoms. The van der Waals surface area contributed by atoms with Crippen LogP contribution in [0.4, 0.5) is 5.69 Å². The highest BCUT2D eigenvalue weighted by Crippen LogP contribution is 2.30. The molecule has 0 spiro atoms. The summed E-state index contributed by atoms with van der Waals surface area (Å²) in [6.45, 7) is 6.98. The second kappa shape index (κ2) is 9.36. The van der Waals surface area contributed by atoms with Crippen molar-refractivity contribution in [3.63, 3.8) is 0 Å². The molecule has 3 aromatic rings. The lowest BCUT2D eigenvalue weighted by molar-refractivity contribution is -0.134. The number of aliphatic carboxylic acids is 1. The first-order valence-electron chi connectivity index (χ1n) is 11.5. The third kappa shape index (κ3) is 4.68. The molecule has 4 heterocycles. The van der Waals surface area contributed by atoms with Crippen LogP contribution in [0.25, 0.3) is 17.1 Å². The minimum atomic E-state index is -1.34. The second-order valence-corrected chi connectivity index (χ2v) is 8.95. The smallest absolute Gasteiger partial charge is 0.345 e. The SMILES string of the molecule is Cc1cc(CN2CCN(C)CC2)ccc1NC1=C(C(=O)O)C(=O)/C(=C/c2c[nH]c3ncccc23)O1. The fourth-order valence-corrected chi connectivity index (χ4v) is 4.40. The third-order valence-corrected chi connectivity index (χ3v) is 6.41. The predicted molar refractivity (Wildman–Crippen MR) is 132 cm³/mol. The van der Waals surface area contributed by atoms with Crippen molar-refractivity contribution < 1.29 is 19.4 Å². The van der Waals surface area contributed by atoms with Gasteiger partial charge < -0.3 is 25.0 Å². The normalized spacial score (nSPS) is 18.5. The summed E-state index contributed by atoms with van der Waals surface area (Å²) in [4.78, 5) is 36.8. The molecule has 5 rings (SSSR count). The van der Waals surface area contributed by atoms with Crippen molar-refractivity contribution in [3.05, 3.63) is 76.6 Å². The number of carboxylic acids is 1. The Balaban J connectivity index is 1.36. The summed E-state index contributed by atoms with van der Waals surface area (Å²) in [5, 5.41) is 13.5. The molecule has 9 heteroatoms. The lowest BCUT2D eigenvalue weighted by Gasteiger charge is -2.32. The van der Waals surface area contributed by atoms with Gasteiger partial charge in [0.15, 0.2) is 11.3 Å². The van der Waals surface area contributed by atoms with Crippen LogP contribution < -0.4 is 5.32 Å². The molecule has 1 aromatic carbocycles. The quantitative estimate of drug-likeness (QED) is 0.370. The molecule has 0 atom stereocenters. The molecule has 180 valence electrons. The molecular weight excluding hydrogens is 446 g/mol. The van der Waals surface area contributed by atoms with Gasteiger partial charge in [0.25, 0.3) is 0 Å². The van der Waals surface area contributed by atoms with Crippen molar-refractivity contribution in [2.75, 3.05) is 38.5 Å². The Morgan fingerprint density at radius 1 is 1.26 bits per heavy atom. The maximum absolute atomic E-state index is 12.9. The minimum absolute atomic E-state index is 0.0565. The molecule has 3 N–H and O–H groups in total. The maximum Gasteiger partial charge on any atom is 0.345 e. The van der Waals surface area contributed by atoms with Crippen molar-refractivity contribution in [2.24, 2.45) is 0 Å². The van der Waals surface area contributed by atoms with Crippen LogP contribution in [0.3, 0.4) is 0 Å². The molecule has 35 heavy (non-hydrogen) atoms. The van der Waals surface area contributed by atoms with E-state index in [1.807, 2.05) is 25.1 Å². The monoisotopic (exact) mass is 473 g/mol. The number of hydrogen-bond acceptors (Lipinski definition) is 7. The van der Waals surface area contributed by atoms with Gasteiger partial charge in [0.05, 0.1) is 0 Å². The van der Waals surface area contributed by atoms with E-state index in [4.69, 9.17) is 4.74 Å². The lowest BCUT2D eigenvalue weighted by atomic mass is 10.1. The summed E-state index contributed by atoms with van der Waals surface area (Å²) in [5.74, 6) is -2.16. The van der Waals surface area contributed by atoms with E-state index in [0.29, 0.717) is 16.9 Å². The molecule has 2 aliphatic rings. The first-order valence-corrected chi connectivity index (χ1v) is 11.5. The van der Waals surface area contributed by atoms with E-state index in [-0.39, 0.29) is 11.6 Å². The average Bonchev–Trinajstić information content (AvgIpc) is 3.38. The maximum atomic E-state index is 12.9. The number of likely N-dealkylation sites (N-methyl/N-ethyl adjacent to an activating group) is 1. The van der Waals surface area contributed by atoms with Gasteiger partial charge in [-0.05, 0) is 49.4 Å². The number of fused-ring (bicyclic) bond motifs is 1. The zero-order chi connectivity index (χ0) is 24.5. The summed E-state index contributed by atoms with van der Waals surface area (Å²) in [6, 6.07) is 9.64. The molecule has 1 saturated heterocycles. The Bertz CT molecular complexity index is 1370. The van der Waals surface area contributed by atoms with Crippen LogP contribution in [0.2, 0.25) is 0 Å². The van der Waals surface area contributed by atoms with Crippen LogP contribution in [0.1, 0.15) is 16.7 Å². The number of anilines is 1. The zero-order valence-electron chi connectivity index (χ0n) is 19.7. The van der Waals surface area contributed by atoms with E-state index < -0.39 is 17.3 Å². The Morgan fingerprint density at radius 3 is 2.80 bits per heavy atom. The Morgan fingerprint density at radius 2 is 2.06 bits per heavy atom. The van der Waals surface area contributed by atoms with E-state index in [9.17, 15) is 14.7 Å². The van der Waals surface area contributed by atoms with Crippen molar-refractivity contribution in [2.45, 2.75) is 13.5 Å². The number of carbonyl (C=O) groups is 2. The van der Waals surface area contributed by atoms with E-state index in [2.05, 4.69) is 38.2 Å². The fourth-order valence-electron chi connectivity index (χ4n) is 4.40. The van der Waals surface area contributed by atoms with Gasteiger partial charge in [0.2, 0.25) is 11.7 Å². The van der Waals surface area contributed by atoms with Crippen LogP contribution >= 0.6 is 0 Å². The van der Waals surface area contributed by atoms with Gasteiger partial charge in [-0.15, -0.1) is 0 Å². The Hall–Kier alpha value is -3.95. The van der Waals surface area contributed by atoms with E-state index >= 15 is 0 Å². The van der Waals surface area contributed by atoms with Crippen molar-refractivity contribution in [3.8, 4) is 0 Å². The number of ether oxygens (including phenoxy) is 1. The third-order valence-electron chi connectivity index (χ3n) is 6.41. The average molecular weight is 474 g/mol. The number of allylic oxidation sites excluding steroid dienone is 1. The van der Waals surface area contributed by atoms with Gasteiger partial charge in [-0.25, -0.2) is 9.78 Å². The van der Waals surface area contributed by atoms with E-state index in [0.717, 1.165) is 43.7 Å². The molecule has 0 unspecified atom stereocenters. The fraction of sp³-hybridized carbons (Fsp3) is 0.269. The van der Waals surface area contributed by atoms with Gasteiger partial charge in [-0.3, -0.25) is 9.69 Å². The van der Waals surface area contributed by atoms with Crippen LogP contribution in [-0.4, -0.2) is 69.9 Å². The van der Waals surface area contributed by atoms with E-state index in [1.165, 1.54) is 11.6 Å². The summed E-state index contributed by atoms with van der Waals surface area (Å²) >= 11 is 0. The van der Waals surface area contributed by atoms with Gasteiger partial charge in [0, 0.05) is 61.8 Å². The molecule has 1 fully saturated rings. The number of piperazine rings is 1. The number of H-pyrrole nitrogens is 1. The summed E-state index contributed by atoms with van der Waals surface area (Å²) in [6.07, 6.45) is 4.90. The number of nitrogens with one attached hydrogen (secondary N) is 2. The molecule has 9 nitrogen and oxygen atoms in total. The zero-order valence-corrected chi connectivity index (χ0v) is 19.7. The van der Waals surface area contributed by atoms with Crippen LogP contribution in [-0.2, 0) is 20.9 Å². The first kappa shape index (κ1) is 22.8.